The molecule has 0 atom stereocenters. The molecule has 0 unspecified atom stereocenters. The summed E-state index contributed by atoms with van der Waals surface area (Å²) < 4.78 is 99.9. The molecular formula is C26H18ClF7N2O2S. The van der Waals surface area contributed by atoms with Crippen molar-refractivity contribution in [2.24, 2.45) is 0 Å². The van der Waals surface area contributed by atoms with Crippen molar-refractivity contribution >= 4 is 40.4 Å². The van der Waals surface area contributed by atoms with Crippen LogP contribution in [0, 0.1) is 5.82 Å². The van der Waals surface area contributed by atoms with Crippen LogP contribution in [-0.2, 0) is 29.4 Å². The molecule has 0 radical (unpaired) electrons. The highest BCUT2D eigenvalue weighted by molar-refractivity contribution is 7.98. The zero-order valence-electron chi connectivity index (χ0n) is 20.0. The van der Waals surface area contributed by atoms with Gasteiger partial charge in [-0.1, -0.05) is 35.5 Å². The first-order chi connectivity index (χ1) is 18.3. The molecule has 0 aliphatic carbocycles. The first-order valence-corrected chi connectivity index (χ1v) is 12.7. The smallest absolute Gasteiger partial charge is 0.416 e. The zero-order valence-corrected chi connectivity index (χ0v) is 21.5. The zero-order chi connectivity index (χ0) is 28.5. The fourth-order valence-electron chi connectivity index (χ4n) is 3.75. The summed E-state index contributed by atoms with van der Waals surface area (Å²) >= 11 is 6.61. The summed E-state index contributed by atoms with van der Waals surface area (Å²) in [7, 11) is 0. The predicted octanol–water partition coefficient (Wildman–Crippen LogP) is 8.38. The Hall–Kier alpha value is -3.25. The van der Waals surface area contributed by atoms with Gasteiger partial charge in [0.15, 0.2) is 5.16 Å². The van der Waals surface area contributed by atoms with Gasteiger partial charge < -0.3 is 9.30 Å². The summed E-state index contributed by atoms with van der Waals surface area (Å²) in [6, 6.07) is 10.1. The Labute approximate surface area is 226 Å². The minimum atomic E-state index is -4.74. The van der Waals surface area contributed by atoms with Crippen LogP contribution in [0.15, 0.2) is 59.8 Å². The molecule has 0 aliphatic heterocycles. The Morgan fingerprint density at radius 2 is 1.64 bits per heavy atom. The molecule has 4 aromatic rings. The summed E-state index contributed by atoms with van der Waals surface area (Å²) in [5.41, 5.74) is -0.734. The van der Waals surface area contributed by atoms with Crippen molar-refractivity contribution < 1.29 is 40.3 Å². The van der Waals surface area contributed by atoms with Crippen molar-refractivity contribution in [2.75, 3.05) is 6.61 Å². The largest absolute Gasteiger partial charge is 0.462 e. The van der Waals surface area contributed by atoms with E-state index in [2.05, 4.69) is 4.98 Å². The Balaban J connectivity index is 1.73. The number of esters is 1. The van der Waals surface area contributed by atoms with E-state index < -0.39 is 40.3 Å². The summed E-state index contributed by atoms with van der Waals surface area (Å²) in [5.74, 6) is -1.88. The Morgan fingerprint density at radius 3 is 2.26 bits per heavy atom. The number of hydrogen-bond donors (Lipinski definition) is 0. The van der Waals surface area contributed by atoms with E-state index in [0.717, 1.165) is 23.9 Å². The minimum Gasteiger partial charge on any atom is -0.462 e. The van der Waals surface area contributed by atoms with Crippen molar-refractivity contribution in [3.63, 3.8) is 0 Å². The Morgan fingerprint density at radius 1 is 0.974 bits per heavy atom. The number of benzene rings is 3. The molecule has 1 aromatic heterocycles. The molecule has 3 aromatic carbocycles. The van der Waals surface area contributed by atoms with Crippen molar-refractivity contribution in [3.8, 4) is 0 Å². The minimum absolute atomic E-state index is 0.0432. The van der Waals surface area contributed by atoms with Gasteiger partial charge in [-0.15, -0.1) is 0 Å². The molecule has 0 N–H and O–H groups in total. The second-order valence-corrected chi connectivity index (χ2v) is 9.67. The van der Waals surface area contributed by atoms with Gasteiger partial charge in [0.1, 0.15) is 5.82 Å². The molecule has 0 aliphatic rings. The van der Waals surface area contributed by atoms with Crippen LogP contribution in [0.25, 0.3) is 11.0 Å². The first kappa shape index (κ1) is 28.8. The first-order valence-electron chi connectivity index (χ1n) is 11.3. The third kappa shape index (κ3) is 6.50. The number of carbonyl (C=O) groups is 1. The van der Waals surface area contributed by atoms with Gasteiger partial charge in [-0.2, -0.15) is 26.3 Å². The van der Waals surface area contributed by atoms with E-state index in [9.17, 15) is 35.5 Å². The number of rotatable bonds is 7. The van der Waals surface area contributed by atoms with E-state index in [1.54, 1.807) is 17.6 Å². The molecule has 4 nitrogen and oxygen atoms in total. The molecule has 0 bridgehead atoms. The van der Waals surface area contributed by atoms with Gasteiger partial charge >= 0.3 is 18.3 Å². The third-order valence-corrected chi connectivity index (χ3v) is 6.93. The summed E-state index contributed by atoms with van der Waals surface area (Å²) in [6.45, 7) is 1.83. The third-order valence-electron chi connectivity index (χ3n) is 5.63. The maximum atomic E-state index is 14.6. The second kappa shape index (κ2) is 11.1. The van der Waals surface area contributed by atoms with Crippen LogP contribution in [0.1, 0.15) is 39.5 Å². The summed E-state index contributed by atoms with van der Waals surface area (Å²) in [6.07, 6.45) is -9.25. The molecule has 206 valence electrons. The molecule has 13 heteroatoms. The molecule has 39 heavy (non-hydrogen) atoms. The fraction of sp³-hybridized carbons (Fsp3) is 0.231. The average Bonchev–Trinajstić information content (AvgIpc) is 3.20. The standard InChI is InChI=1S/C26H18ClF7N2O2S/c1-2-38-23(37)15-5-8-21-20(10-15)35-24(36(21)12-14-3-6-17(7-4-14)25(29,30)31)39-13-16-9-18(26(32,33)34)11-19(27)22(16)28/h3-11H,2,12-13H2,1H3. The monoisotopic (exact) mass is 590 g/mol. The van der Waals surface area contributed by atoms with Crippen LogP contribution in [-0.4, -0.2) is 22.1 Å². The highest BCUT2D eigenvalue weighted by Gasteiger charge is 2.32. The highest BCUT2D eigenvalue weighted by Crippen LogP contribution is 2.36. The van der Waals surface area contributed by atoms with E-state index in [1.165, 1.54) is 24.3 Å². The number of hydrogen-bond acceptors (Lipinski definition) is 4. The van der Waals surface area contributed by atoms with Crippen molar-refractivity contribution in [3.05, 3.63) is 93.3 Å². The second-order valence-electron chi connectivity index (χ2n) is 8.32. The maximum absolute atomic E-state index is 14.6. The number of ether oxygens (including phenoxy) is 1. The van der Waals surface area contributed by atoms with Crippen molar-refractivity contribution in [1.82, 2.24) is 9.55 Å². The van der Waals surface area contributed by atoms with Crippen LogP contribution in [0.5, 0.6) is 0 Å². The number of aromatic nitrogens is 2. The van der Waals surface area contributed by atoms with Gasteiger partial charge in [0.2, 0.25) is 0 Å². The van der Waals surface area contributed by atoms with E-state index in [-0.39, 0.29) is 35.2 Å². The SMILES string of the molecule is CCOC(=O)c1ccc2c(c1)nc(SCc1cc(C(F)(F)F)cc(Cl)c1F)n2Cc1ccc(C(F)(F)F)cc1. The average molecular weight is 591 g/mol. The van der Waals surface area contributed by atoms with Crippen LogP contribution in [0.2, 0.25) is 5.02 Å². The van der Waals surface area contributed by atoms with Crippen molar-refractivity contribution in [1.29, 1.82) is 0 Å². The van der Waals surface area contributed by atoms with Gasteiger partial charge in [-0.25, -0.2) is 14.2 Å². The normalized spacial score (nSPS) is 12.2. The Kier molecular flexibility index (Phi) is 8.17. The Bertz CT molecular complexity index is 1520. The lowest BCUT2D eigenvalue weighted by atomic mass is 10.1. The lowest BCUT2D eigenvalue weighted by molar-refractivity contribution is -0.138. The predicted molar refractivity (Wildman–Crippen MR) is 132 cm³/mol. The molecule has 4 rings (SSSR count). The molecule has 1 heterocycles. The lowest BCUT2D eigenvalue weighted by Crippen LogP contribution is -2.07. The lowest BCUT2D eigenvalue weighted by Gasteiger charge is -2.13. The summed E-state index contributed by atoms with van der Waals surface area (Å²) in [5, 5.41) is -0.448. The quantitative estimate of drug-likeness (QED) is 0.123. The van der Waals surface area contributed by atoms with Gasteiger partial charge in [-0.05, 0) is 55.0 Å². The number of carbonyl (C=O) groups excluding carboxylic acids is 1. The highest BCUT2D eigenvalue weighted by atomic mass is 35.5. The van der Waals surface area contributed by atoms with Gasteiger partial charge in [0.05, 0.1) is 45.9 Å². The van der Waals surface area contributed by atoms with Crippen molar-refractivity contribution in [2.45, 2.75) is 36.7 Å². The van der Waals surface area contributed by atoms with E-state index >= 15 is 0 Å². The van der Waals surface area contributed by atoms with E-state index in [4.69, 9.17) is 16.3 Å². The summed E-state index contributed by atoms with van der Waals surface area (Å²) in [4.78, 5) is 16.6. The van der Waals surface area contributed by atoms with Gasteiger partial charge in [-0.3, -0.25) is 0 Å². The number of fused-ring (bicyclic) bond motifs is 1. The number of imidazole rings is 1. The van der Waals surface area contributed by atoms with Crippen LogP contribution in [0.3, 0.4) is 0 Å². The topological polar surface area (TPSA) is 44.1 Å². The van der Waals surface area contributed by atoms with Gasteiger partial charge in [0.25, 0.3) is 0 Å². The van der Waals surface area contributed by atoms with Crippen LogP contribution in [0.4, 0.5) is 30.7 Å². The number of halogens is 8. The number of nitrogens with zero attached hydrogens (tertiary/aromatic N) is 2. The van der Waals surface area contributed by atoms with Crippen LogP contribution < -0.4 is 0 Å². The van der Waals surface area contributed by atoms with E-state index in [0.29, 0.717) is 28.7 Å². The molecule has 0 spiro atoms. The fourth-order valence-corrected chi connectivity index (χ4v) is 4.97. The molecule has 0 saturated heterocycles. The molecule has 0 amide bonds. The molecule has 0 fully saturated rings. The van der Waals surface area contributed by atoms with Gasteiger partial charge in [0, 0.05) is 11.3 Å². The van der Waals surface area contributed by atoms with E-state index in [1.807, 2.05) is 0 Å². The maximum Gasteiger partial charge on any atom is 0.416 e. The number of thioether (sulfide) groups is 1. The molecular weight excluding hydrogens is 573 g/mol. The molecule has 0 saturated carbocycles. The van der Waals surface area contributed by atoms with Crippen LogP contribution >= 0.6 is 23.4 Å². The number of alkyl halides is 6.